The van der Waals surface area contributed by atoms with Crippen molar-refractivity contribution < 1.29 is 18.3 Å². The molecule has 0 aromatic heterocycles. The third kappa shape index (κ3) is 4.31. The predicted octanol–water partition coefficient (Wildman–Crippen LogP) is 1.39. The Bertz CT molecular complexity index is 534. The zero-order chi connectivity index (χ0) is 13.6. The first-order valence-electron chi connectivity index (χ1n) is 5.38. The van der Waals surface area contributed by atoms with Crippen molar-refractivity contribution in [2.24, 2.45) is 0 Å². The minimum absolute atomic E-state index is 0.168. The summed E-state index contributed by atoms with van der Waals surface area (Å²) < 4.78 is 25.9. The molecule has 5 nitrogen and oxygen atoms in total. The monoisotopic (exact) mass is 269 g/mol. The summed E-state index contributed by atoms with van der Waals surface area (Å²) >= 11 is 0. The van der Waals surface area contributed by atoms with E-state index in [2.05, 4.69) is 4.72 Å². The van der Waals surface area contributed by atoms with Gasteiger partial charge in [0.15, 0.2) is 0 Å². The second-order valence-electron chi connectivity index (χ2n) is 3.69. The quantitative estimate of drug-likeness (QED) is 0.603. The van der Waals surface area contributed by atoms with E-state index in [0.29, 0.717) is 6.42 Å². The summed E-state index contributed by atoms with van der Waals surface area (Å²) in [6, 6.07) is 8.02. The van der Waals surface area contributed by atoms with Gasteiger partial charge in [-0.1, -0.05) is 24.3 Å². The standard InChI is InChI=1S/C12H15NO4S/c1-10(12(14)15)6-5-9-13-18(16,17)11-7-3-2-4-8-11/h2-4,6-8,13H,5,9H2,1H3,(H,14,15). The summed E-state index contributed by atoms with van der Waals surface area (Å²) in [6.45, 7) is 1.63. The van der Waals surface area contributed by atoms with Crippen LogP contribution in [0.3, 0.4) is 0 Å². The zero-order valence-corrected chi connectivity index (χ0v) is 10.8. The summed E-state index contributed by atoms with van der Waals surface area (Å²) in [5.41, 5.74) is 0.203. The van der Waals surface area contributed by atoms with E-state index in [0.717, 1.165) is 0 Å². The molecule has 0 amide bonds. The first-order chi connectivity index (χ1) is 8.43. The van der Waals surface area contributed by atoms with Crippen LogP contribution in [-0.4, -0.2) is 26.0 Å². The van der Waals surface area contributed by atoms with Crippen molar-refractivity contribution in [1.29, 1.82) is 0 Å². The van der Waals surface area contributed by atoms with Crippen LogP contribution in [0.2, 0.25) is 0 Å². The summed E-state index contributed by atoms with van der Waals surface area (Å²) in [6.07, 6.45) is 1.82. The number of rotatable bonds is 6. The average Bonchev–Trinajstić information content (AvgIpc) is 2.35. The fraction of sp³-hybridized carbons (Fsp3) is 0.250. The summed E-state index contributed by atoms with van der Waals surface area (Å²) in [5.74, 6) is -0.999. The predicted molar refractivity (Wildman–Crippen MR) is 67.6 cm³/mol. The fourth-order valence-corrected chi connectivity index (χ4v) is 2.32. The molecule has 0 bridgehead atoms. The van der Waals surface area contributed by atoms with E-state index < -0.39 is 16.0 Å². The number of carboxylic acids is 1. The largest absolute Gasteiger partial charge is 0.478 e. The number of nitrogens with one attached hydrogen (secondary N) is 1. The summed E-state index contributed by atoms with van der Waals surface area (Å²) in [5, 5.41) is 8.61. The van der Waals surface area contributed by atoms with Gasteiger partial charge in [-0.25, -0.2) is 17.9 Å². The van der Waals surface area contributed by atoms with Crippen molar-refractivity contribution in [2.45, 2.75) is 18.2 Å². The molecular weight excluding hydrogens is 254 g/mol. The maximum Gasteiger partial charge on any atom is 0.330 e. The number of carboxylic acid groups (broad SMARTS) is 1. The van der Waals surface area contributed by atoms with Gasteiger partial charge in [0.1, 0.15) is 0 Å². The van der Waals surface area contributed by atoms with Gasteiger partial charge in [-0.05, 0) is 25.5 Å². The van der Waals surface area contributed by atoms with Crippen molar-refractivity contribution in [1.82, 2.24) is 4.72 Å². The van der Waals surface area contributed by atoms with Crippen LogP contribution in [0.5, 0.6) is 0 Å². The molecule has 0 saturated carbocycles. The van der Waals surface area contributed by atoms with Crippen LogP contribution < -0.4 is 4.72 Å². The molecule has 0 heterocycles. The summed E-state index contributed by atoms with van der Waals surface area (Å²) in [4.78, 5) is 10.7. The minimum Gasteiger partial charge on any atom is -0.478 e. The first-order valence-corrected chi connectivity index (χ1v) is 6.86. The molecule has 0 aliphatic carbocycles. The number of hydrogen-bond donors (Lipinski definition) is 2. The molecule has 0 unspecified atom stereocenters. The molecule has 0 fully saturated rings. The maximum atomic E-state index is 11.8. The highest BCUT2D eigenvalue weighted by Crippen LogP contribution is 2.06. The van der Waals surface area contributed by atoms with Crippen LogP contribution in [0.1, 0.15) is 13.3 Å². The number of aliphatic carboxylic acids is 1. The topological polar surface area (TPSA) is 83.5 Å². The molecule has 6 heteroatoms. The number of carbonyl (C=O) groups is 1. The highest BCUT2D eigenvalue weighted by Gasteiger charge is 2.11. The molecule has 0 aliphatic rings. The van der Waals surface area contributed by atoms with Gasteiger partial charge in [0.25, 0.3) is 0 Å². The molecule has 0 aliphatic heterocycles. The van der Waals surface area contributed by atoms with Gasteiger partial charge in [-0.15, -0.1) is 0 Å². The van der Waals surface area contributed by atoms with Crippen molar-refractivity contribution in [3.8, 4) is 0 Å². The van der Waals surface area contributed by atoms with Gasteiger partial charge >= 0.3 is 5.97 Å². The van der Waals surface area contributed by atoms with Gasteiger partial charge < -0.3 is 5.11 Å². The summed E-state index contributed by atoms with van der Waals surface area (Å²) in [7, 11) is -3.51. The molecule has 2 N–H and O–H groups in total. The molecule has 0 atom stereocenters. The van der Waals surface area contributed by atoms with E-state index in [-0.39, 0.29) is 17.0 Å². The molecule has 1 aromatic carbocycles. The first kappa shape index (κ1) is 14.4. The second kappa shape index (κ2) is 6.32. The van der Waals surface area contributed by atoms with E-state index >= 15 is 0 Å². The lowest BCUT2D eigenvalue weighted by molar-refractivity contribution is -0.132. The Balaban J connectivity index is 2.55. The molecule has 1 aromatic rings. The Kier molecular flexibility index (Phi) is 5.06. The van der Waals surface area contributed by atoms with Crippen LogP contribution in [0.15, 0.2) is 46.9 Å². The second-order valence-corrected chi connectivity index (χ2v) is 5.46. The van der Waals surface area contributed by atoms with E-state index in [1.54, 1.807) is 18.2 Å². The van der Waals surface area contributed by atoms with Crippen LogP contribution in [0.25, 0.3) is 0 Å². The molecule has 1 rings (SSSR count). The Morgan fingerprint density at radius 2 is 1.94 bits per heavy atom. The van der Waals surface area contributed by atoms with E-state index in [1.807, 2.05) is 0 Å². The Hall–Kier alpha value is -1.66. The molecule has 98 valence electrons. The van der Waals surface area contributed by atoms with Gasteiger partial charge in [-0.3, -0.25) is 0 Å². The molecule has 0 radical (unpaired) electrons. The smallest absolute Gasteiger partial charge is 0.330 e. The van der Waals surface area contributed by atoms with Crippen molar-refractivity contribution in [2.75, 3.05) is 6.54 Å². The molecule has 0 saturated heterocycles. The lowest BCUT2D eigenvalue weighted by atomic mass is 10.2. The van der Waals surface area contributed by atoms with Crippen molar-refractivity contribution in [3.05, 3.63) is 42.0 Å². The Morgan fingerprint density at radius 3 is 2.50 bits per heavy atom. The normalized spacial score (nSPS) is 12.4. The van der Waals surface area contributed by atoms with Gasteiger partial charge in [0.2, 0.25) is 10.0 Å². The number of sulfonamides is 1. The number of hydrogen-bond acceptors (Lipinski definition) is 3. The van der Waals surface area contributed by atoms with E-state index in [4.69, 9.17) is 5.11 Å². The fourth-order valence-electron chi connectivity index (χ4n) is 1.25. The minimum atomic E-state index is -3.51. The average molecular weight is 269 g/mol. The highest BCUT2D eigenvalue weighted by atomic mass is 32.2. The third-order valence-electron chi connectivity index (χ3n) is 2.28. The lowest BCUT2D eigenvalue weighted by Crippen LogP contribution is -2.24. The third-order valence-corrected chi connectivity index (χ3v) is 3.75. The Labute approximate surface area is 106 Å². The van der Waals surface area contributed by atoms with Gasteiger partial charge in [-0.2, -0.15) is 0 Å². The molecule has 0 spiro atoms. The van der Waals surface area contributed by atoms with Crippen molar-refractivity contribution in [3.63, 3.8) is 0 Å². The van der Waals surface area contributed by atoms with Gasteiger partial charge in [0, 0.05) is 12.1 Å². The van der Waals surface area contributed by atoms with Gasteiger partial charge in [0.05, 0.1) is 4.90 Å². The van der Waals surface area contributed by atoms with Crippen LogP contribution >= 0.6 is 0 Å². The molecule has 18 heavy (non-hydrogen) atoms. The van der Waals surface area contributed by atoms with E-state index in [9.17, 15) is 13.2 Å². The Morgan fingerprint density at radius 1 is 1.33 bits per heavy atom. The van der Waals surface area contributed by atoms with Crippen LogP contribution in [-0.2, 0) is 14.8 Å². The van der Waals surface area contributed by atoms with Crippen molar-refractivity contribution >= 4 is 16.0 Å². The highest BCUT2D eigenvalue weighted by molar-refractivity contribution is 7.89. The zero-order valence-electron chi connectivity index (χ0n) is 9.96. The van der Waals surface area contributed by atoms with Crippen LogP contribution in [0.4, 0.5) is 0 Å². The molecular formula is C12H15NO4S. The van der Waals surface area contributed by atoms with Crippen LogP contribution in [0, 0.1) is 0 Å². The lowest BCUT2D eigenvalue weighted by Gasteiger charge is -2.05. The number of benzene rings is 1. The van der Waals surface area contributed by atoms with E-state index in [1.165, 1.54) is 25.1 Å². The maximum absolute atomic E-state index is 11.8. The SMILES string of the molecule is CC(=CCCNS(=O)(=O)c1ccccc1)C(=O)O.